The number of ether oxygens (including phenoxy) is 1. The second-order valence-electron chi connectivity index (χ2n) is 3.48. The van der Waals surface area contributed by atoms with Crippen molar-refractivity contribution in [1.82, 2.24) is 0 Å². The van der Waals surface area contributed by atoms with Crippen molar-refractivity contribution in [3.05, 3.63) is 29.8 Å². The summed E-state index contributed by atoms with van der Waals surface area (Å²) in [5.74, 6) is 0.885. The molecule has 0 unspecified atom stereocenters. The molecule has 0 aromatic heterocycles. The Labute approximate surface area is 78.2 Å². The summed E-state index contributed by atoms with van der Waals surface area (Å²) in [5, 5.41) is 8.91. The van der Waals surface area contributed by atoms with Crippen LogP contribution in [0, 0.1) is 0 Å². The third kappa shape index (κ3) is 2.01. The summed E-state index contributed by atoms with van der Waals surface area (Å²) in [6, 6.07) is 7.66. The summed E-state index contributed by atoms with van der Waals surface area (Å²) < 4.78 is 5.68. The molecule has 1 aliphatic carbocycles. The smallest absolute Gasteiger partial charge is 0.120 e. The summed E-state index contributed by atoms with van der Waals surface area (Å²) >= 11 is 0. The Morgan fingerprint density at radius 3 is 2.85 bits per heavy atom. The van der Waals surface area contributed by atoms with Crippen molar-refractivity contribution in [1.29, 1.82) is 0 Å². The van der Waals surface area contributed by atoms with Gasteiger partial charge in [0.25, 0.3) is 0 Å². The minimum Gasteiger partial charge on any atom is -0.490 e. The van der Waals surface area contributed by atoms with Gasteiger partial charge in [-0.1, -0.05) is 12.1 Å². The summed E-state index contributed by atoms with van der Waals surface area (Å²) in [6.45, 7) is 0.0852. The van der Waals surface area contributed by atoms with E-state index in [2.05, 4.69) is 0 Å². The quantitative estimate of drug-likeness (QED) is 0.768. The van der Waals surface area contributed by atoms with Crippen LogP contribution in [-0.2, 0) is 6.61 Å². The van der Waals surface area contributed by atoms with Crippen LogP contribution < -0.4 is 4.74 Å². The summed E-state index contributed by atoms with van der Waals surface area (Å²) in [7, 11) is 0. The SMILES string of the molecule is OCc1cccc(OC2CCC2)c1. The number of benzene rings is 1. The Morgan fingerprint density at radius 2 is 2.23 bits per heavy atom. The zero-order valence-electron chi connectivity index (χ0n) is 7.57. The molecule has 13 heavy (non-hydrogen) atoms. The van der Waals surface area contributed by atoms with Gasteiger partial charge < -0.3 is 9.84 Å². The van der Waals surface area contributed by atoms with E-state index in [1.165, 1.54) is 19.3 Å². The van der Waals surface area contributed by atoms with Crippen molar-refractivity contribution in [3.63, 3.8) is 0 Å². The Hall–Kier alpha value is -1.02. The van der Waals surface area contributed by atoms with Crippen LogP contribution in [0.3, 0.4) is 0 Å². The van der Waals surface area contributed by atoms with Gasteiger partial charge in [0.1, 0.15) is 5.75 Å². The van der Waals surface area contributed by atoms with Crippen LogP contribution in [-0.4, -0.2) is 11.2 Å². The van der Waals surface area contributed by atoms with E-state index < -0.39 is 0 Å². The molecule has 0 atom stereocenters. The molecule has 0 bridgehead atoms. The predicted molar refractivity (Wildman–Crippen MR) is 50.6 cm³/mol. The molecule has 2 rings (SSSR count). The molecule has 0 amide bonds. The number of hydrogen-bond acceptors (Lipinski definition) is 2. The van der Waals surface area contributed by atoms with Crippen molar-refractivity contribution >= 4 is 0 Å². The second-order valence-corrected chi connectivity index (χ2v) is 3.48. The molecule has 0 aliphatic heterocycles. The zero-order valence-corrected chi connectivity index (χ0v) is 7.57. The van der Waals surface area contributed by atoms with Crippen LogP contribution in [0.5, 0.6) is 5.75 Å². The molecule has 0 radical (unpaired) electrons. The highest BCUT2D eigenvalue weighted by Gasteiger charge is 2.18. The van der Waals surface area contributed by atoms with Gasteiger partial charge in [0.05, 0.1) is 12.7 Å². The van der Waals surface area contributed by atoms with Gasteiger partial charge in [-0.3, -0.25) is 0 Å². The fourth-order valence-electron chi connectivity index (χ4n) is 1.40. The first-order valence-corrected chi connectivity index (χ1v) is 4.75. The zero-order chi connectivity index (χ0) is 9.10. The molecule has 1 N–H and O–H groups in total. The fourth-order valence-corrected chi connectivity index (χ4v) is 1.40. The molecule has 1 aromatic rings. The molecular weight excluding hydrogens is 164 g/mol. The molecule has 2 heteroatoms. The van der Waals surface area contributed by atoms with Gasteiger partial charge in [-0.05, 0) is 37.0 Å². The van der Waals surface area contributed by atoms with Gasteiger partial charge in [-0.15, -0.1) is 0 Å². The number of aliphatic hydroxyl groups excluding tert-OH is 1. The second kappa shape index (κ2) is 3.79. The summed E-state index contributed by atoms with van der Waals surface area (Å²) in [6.07, 6.45) is 4.03. The van der Waals surface area contributed by atoms with Crippen molar-refractivity contribution in [2.75, 3.05) is 0 Å². The lowest BCUT2D eigenvalue weighted by Gasteiger charge is -2.26. The van der Waals surface area contributed by atoms with E-state index in [0.717, 1.165) is 11.3 Å². The summed E-state index contributed by atoms with van der Waals surface area (Å²) in [5.41, 5.74) is 0.914. The molecule has 1 aliphatic rings. The van der Waals surface area contributed by atoms with E-state index in [1.54, 1.807) is 0 Å². The highest BCUT2D eigenvalue weighted by molar-refractivity contribution is 5.28. The van der Waals surface area contributed by atoms with E-state index in [9.17, 15) is 0 Å². The van der Waals surface area contributed by atoms with Crippen LogP contribution >= 0.6 is 0 Å². The maximum Gasteiger partial charge on any atom is 0.120 e. The van der Waals surface area contributed by atoms with E-state index in [-0.39, 0.29) is 6.61 Å². The lowest BCUT2D eigenvalue weighted by molar-refractivity contribution is 0.120. The van der Waals surface area contributed by atoms with Gasteiger partial charge in [-0.25, -0.2) is 0 Å². The number of hydrogen-bond donors (Lipinski definition) is 1. The minimum absolute atomic E-state index is 0.0852. The van der Waals surface area contributed by atoms with Gasteiger partial charge >= 0.3 is 0 Å². The average Bonchev–Trinajstić information content (AvgIpc) is 2.12. The largest absolute Gasteiger partial charge is 0.490 e. The fraction of sp³-hybridized carbons (Fsp3) is 0.455. The Bertz CT molecular complexity index is 279. The maximum absolute atomic E-state index is 8.91. The lowest BCUT2D eigenvalue weighted by Crippen LogP contribution is -2.24. The molecule has 0 spiro atoms. The van der Waals surface area contributed by atoms with E-state index in [0.29, 0.717) is 6.10 Å². The van der Waals surface area contributed by atoms with Crippen molar-refractivity contribution < 1.29 is 9.84 Å². The summed E-state index contributed by atoms with van der Waals surface area (Å²) in [4.78, 5) is 0. The molecule has 1 saturated carbocycles. The van der Waals surface area contributed by atoms with Crippen LogP contribution in [0.15, 0.2) is 24.3 Å². The van der Waals surface area contributed by atoms with Gasteiger partial charge in [0.2, 0.25) is 0 Å². The molecule has 1 fully saturated rings. The van der Waals surface area contributed by atoms with E-state index in [4.69, 9.17) is 9.84 Å². The molecular formula is C11H14O2. The first-order chi connectivity index (χ1) is 6.38. The van der Waals surface area contributed by atoms with Crippen molar-refractivity contribution in [3.8, 4) is 5.75 Å². The highest BCUT2D eigenvalue weighted by atomic mass is 16.5. The first kappa shape index (κ1) is 8.57. The van der Waals surface area contributed by atoms with E-state index in [1.807, 2.05) is 24.3 Å². The van der Waals surface area contributed by atoms with Gasteiger partial charge in [-0.2, -0.15) is 0 Å². The van der Waals surface area contributed by atoms with Gasteiger partial charge in [0, 0.05) is 0 Å². The average molecular weight is 178 g/mol. The molecule has 1 aromatic carbocycles. The first-order valence-electron chi connectivity index (χ1n) is 4.75. The van der Waals surface area contributed by atoms with Gasteiger partial charge in [0.15, 0.2) is 0 Å². The van der Waals surface area contributed by atoms with E-state index >= 15 is 0 Å². The lowest BCUT2D eigenvalue weighted by atomic mass is 9.96. The van der Waals surface area contributed by atoms with Crippen molar-refractivity contribution in [2.45, 2.75) is 32.0 Å². The molecule has 70 valence electrons. The number of aliphatic hydroxyl groups is 1. The maximum atomic E-state index is 8.91. The molecule has 0 saturated heterocycles. The van der Waals surface area contributed by atoms with Crippen LogP contribution in [0.2, 0.25) is 0 Å². The third-order valence-corrected chi connectivity index (χ3v) is 2.44. The Kier molecular flexibility index (Phi) is 2.50. The minimum atomic E-state index is 0.0852. The topological polar surface area (TPSA) is 29.5 Å². The Morgan fingerprint density at radius 1 is 1.38 bits per heavy atom. The molecule has 0 heterocycles. The highest BCUT2D eigenvalue weighted by Crippen LogP contribution is 2.25. The van der Waals surface area contributed by atoms with Crippen LogP contribution in [0.4, 0.5) is 0 Å². The standard InChI is InChI=1S/C11H14O2/c12-8-9-3-1-6-11(7-9)13-10-4-2-5-10/h1,3,6-7,10,12H,2,4-5,8H2. The van der Waals surface area contributed by atoms with Crippen LogP contribution in [0.25, 0.3) is 0 Å². The van der Waals surface area contributed by atoms with Crippen molar-refractivity contribution in [2.24, 2.45) is 0 Å². The monoisotopic (exact) mass is 178 g/mol. The Balaban J connectivity index is 2.01. The normalized spacial score (nSPS) is 16.7. The molecule has 2 nitrogen and oxygen atoms in total. The van der Waals surface area contributed by atoms with Crippen LogP contribution in [0.1, 0.15) is 24.8 Å². The predicted octanol–water partition coefficient (Wildman–Crippen LogP) is 2.11. The third-order valence-electron chi connectivity index (χ3n) is 2.44. The number of rotatable bonds is 3.